The van der Waals surface area contributed by atoms with Crippen molar-refractivity contribution in [3.05, 3.63) is 60.2 Å². The number of aliphatic carboxylic acids is 2. The average molecular weight is 397 g/mol. The maximum Gasteiger partial charge on any atom is 0.308 e. The Morgan fingerprint density at radius 3 is 2.10 bits per heavy atom. The predicted octanol–water partition coefficient (Wildman–Crippen LogP) is 3.25. The second-order valence-electron chi connectivity index (χ2n) is 7.06. The van der Waals surface area contributed by atoms with Crippen molar-refractivity contribution < 1.29 is 29.3 Å². The molecule has 0 radical (unpaired) electrons. The molecule has 2 N–H and O–H groups in total. The van der Waals surface area contributed by atoms with Crippen molar-refractivity contribution in [3.63, 3.8) is 0 Å². The quantitative estimate of drug-likeness (QED) is 0.709. The van der Waals surface area contributed by atoms with E-state index in [1.165, 1.54) is 0 Å². The molecule has 0 aliphatic heterocycles. The lowest BCUT2D eigenvalue weighted by Crippen LogP contribution is -2.53. The lowest BCUT2D eigenvalue weighted by molar-refractivity contribution is -0.171. The van der Waals surface area contributed by atoms with Crippen LogP contribution in [0.3, 0.4) is 0 Å². The van der Waals surface area contributed by atoms with Gasteiger partial charge in [-0.05, 0) is 43.2 Å². The molecule has 0 saturated heterocycles. The molecule has 152 valence electrons. The van der Waals surface area contributed by atoms with Gasteiger partial charge >= 0.3 is 11.9 Å². The Balaban J connectivity index is 1.64. The van der Waals surface area contributed by atoms with Gasteiger partial charge in [0.05, 0.1) is 17.8 Å². The van der Waals surface area contributed by atoms with Gasteiger partial charge in [-0.25, -0.2) is 0 Å². The van der Waals surface area contributed by atoms with Crippen LogP contribution in [0, 0.1) is 17.8 Å². The summed E-state index contributed by atoms with van der Waals surface area (Å²) in [5.74, 6) is -4.30. The van der Waals surface area contributed by atoms with Gasteiger partial charge in [-0.15, -0.1) is 0 Å². The molecule has 1 amide bonds. The Morgan fingerprint density at radius 2 is 1.55 bits per heavy atom. The fourth-order valence-corrected chi connectivity index (χ4v) is 3.59. The van der Waals surface area contributed by atoms with Gasteiger partial charge in [-0.1, -0.05) is 30.3 Å². The predicted molar refractivity (Wildman–Crippen MR) is 104 cm³/mol. The van der Waals surface area contributed by atoms with Crippen LogP contribution >= 0.6 is 0 Å². The molecule has 1 saturated carbocycles. The van der Waals surface area contributed by atoms with Crippen molar-refractivity contribution >= 4 is 17.8 Å². The van der Waals surface area contributed by atoms with E-state index in [1.807, 2.05) is 61.5 Å². The number of hydrogen-bond acceptors (Lipinski definition) is 4. The van der Waals surface area contributed by atoms with Gasteiger partial charge in [0, 0.05) is 13.1 Å². The highest BCUT2D eigenvalue weighted by molar-refractivity contribution is 5.91. The molecule has 7 heteroatoms. The number of carbonyl (C=O) groups is 3. The summed E-state index contributed by atoms with van der Waals surface area (Å²) in [5.41, 5.74) is 0.876. The van der Waals surface area contributed by atoms with Crippen LogP contribution < -0.4 is 4.74 Å². The Kier molecular flexibility index (Phi) is 6.16. The second kappa shape index (κ2) is 8.77. The van der Waals surface area contributed by atoms with Crippen molar-refractivity contribution in [2.24, 2.45) is 17.8 Å². The zero-order valence-corrected chi connectivity index (χ0v) is 16.0. The normalized spacial score (nSPS) is 20.4. The van der Waals surface area contributed by atoms with Gasteiger partial charge in [0.25, 0.3) is 0 Å². The van der Waals surface area contributed by atoms with Crippen molar-refractivity contribution in [2.75, 3.05) is 6.54 Å². The number of carboxylic acid groups (broad SMARTS) is 2. The fourth-order valence-electron chi connectivity index (χ4n) is 3.59. The van der Waals surface area contributed by atoms with E-state index < -0.39 is 29.7 Å². The second-order valence-corrected chi connectivity index (χ2v) is 7.06. The summed E-state index contributed by atoms with van der Waals surface area (Å²) in [6.07, 6.45) is 0.0610. The van der Waals surface area contributed by atoms with Gasteiger partial charge in [-0.2, -0.15) is 0 Å². The molecule has 2 aromatic rings. The molecule has 0 heterocycles. The molecule has 3 atom stereocenters. The fraction of sp³-hybridized carbons (Fsp3) is 0.318. The third kappa shape index (κ3) is 4.56. The number of rotatable bonds is 8. The number of nitrogens with zero attached hydrogens (tertiary/aromatic N) is 1. The first-order valence-corrected chi connectivity index (χ1v) is 9.47. The minimum atomic E-state index is -1.24. The van der Waals surface area contributed by atoms with E-state index in [9.17, 15) is 19.5 Å². The van der Waals surface area contributed by atoms with Crippen LogP contribution in [-0.2, 0) is 20.9 Å². The standard InChI is InChI=1S/C22H23NO6/c1-2-23(20(24)17-12-18(21(25)26)19(17)22(27)28)13-14-8-10-16(11-9-14)29-15-6-4-3-5-7-15/h3-11,17-19H,2,12-13H2,1H3,(H,25,26)(H,27,28). The number of carboxylic acids is 2. The van der Waals surface area contributed by atoms with Gasteiger partial charge in [-0.3, -0.25) is 14.4 Å². The SMILES string of the molecule is CCN(Cc1ccc(Oc2ccccc2)cc1)C(=O)C1CC(C(=O)O)C1C(=O)O. The topological polar surface area (TPSA) is 104 Å². The molecule has 1 aliphatic carbocycles. The molecule has 1 fully saturated rings. The van der Waals surface area contributed by atoms with Crippen molar-refractivity contribution in [1.29, 1.82) is 0 Å². The van der Waals surface area contributed by atoms with Gasteiger partial charge < -0.3 is 19.8 Å². The minimum Gasteiger partial charge on any atom is -0.481 e. The number of benzene rings is 2. The minimum absolute atomic E-state index is 0.0610. The third-order valence-electron chi connectivity index (χ3n) is 5.26. The molecule has 3 rings (SSSR count). The van der Waals surface area contributed by atoms with E-state index in [-0.39, 0.29) is 12.3 Å². The summed E-state index contributed by atoms with van der Waals surface area (Å²) in [6, 6.07) is 16.7. The zero-order chi connectivity index (χ0) is 21.0. The Labute approximate surface area is 168 Å². The van der Waals surface area contributed by atoms with E-state index in [0.717, 1.165) is 11.3 Å². The molecule has 29 heavy (non-hydrogen) atoms. The molecule has 0 bridgehead atoms. The monoisotopic (exact) mass is 397 g/mol. The van der Waals surface area contributed by atoms with E-state index in [0.29, 0.717) is 18.8 Å². The Hall–Kier alpha value is -3.35. The van der Waals surface area contributed by atoms with Crippen LogP contribution in [0.5, 0.6) is 11.5 Å². The molecular formula is C22H23NO6. The molecular weight excluding hydrogens is 374 g/mol. The first kappa shape index (κ1) is 20.4. The highest BCUT2D eigenvalue weighted by atomic mass is 16.5. The number of amides is 1. The van der Waals surface area contributed by atoms with E-state index in [1.54, 1.807) is 4.90 Å². The Bertz CT molecular complexity index is 880. The Morgan fingerprint density at radius 1 is 0.931 bits per heavy atom. The summed E-state index contributed by atoms with van der Waals surface area (Å²) in [7, 11) is 0. The van der Waals surface area contributed by atoms with Crippen LogP contribution in [0.4, 0.5) is 0 Å². The molecule has 1 aliphatic rings. The highest BCUT2D eigenvalue weighted by Crippen LogP contribution is 2.42. The third-order valence-corrected chi connectivity index (χ3v) is 5.26. The summed E-state index contributed by atoms with van der Waals surface area (Å²) >= 11 is 0. The van der Waals surface area contributed by atoms with Gasteiger partial charge in [0.15, 0.2) is 0 Å². The highest BCUT2D eigenvalue weighted by Gasteiger charge is 2.53. The van der Waals surface area contributed by atoms with E-state index in [4.69, 9.17) is 9.84 Å². The summed E-state index contributed by atoms with van der Waals surface area (Å²) in [6.45, 7) is 2.54. The van der Waals surface area contributed by atoms with E-state index in [2.05, 4.69) is 0 Å². The number of carbonyl (C=O) groups excluding carboxylic acids is 1. The lowest BCUT2D eigenvalue weighted by Gasteiger charge is -2.40. The van der Waals surface area contributed by atoms with Crippen molar-refractivity contribution in [3.8, 4) is 11.5 Å². The van der Waals surface area contributed by atoms with Crippen molar-refractivity contribution in [2.45, 2.75) is 19.9 Å². The number of para-hydroxylation sites is 1. The van der Waals surface area contributed by atoms with Crippen LogP contribution in [0.25, 0.3) is 0 Å². The van der Waals surface area contributed by atoms with Crippen LogP contribution in [0.1, 0.15) is 18.9 Å². The van der Waals surface area contributed by atoms with Gasteiger partial charge in [0.1, 0.15) is 11.5 Å². The van der Waals surface area contributed by atoms with Crippen molar-refractivity contribution in [1.82, 2.24) is 4.90 Å². The van der Waals surface area contributed by atoms with Crippen LogP contribution in [-0.4, -0.2) is 39.5 Å². The largest absolute Gasteiger partial charge is 0.481 e. The first-order valence-electron chi connectivity index (χ1n) is 9.47. The lowest BCUT2D eigenvalue weighted by atomic mass is 9.64. The van der Waals surface area contributed by atoms with E-state index >= 15 is 0 Å². The summed E-state index contributed by atoms with van der Waals surface area (Å²) in [5, 5.41) is 18.4. The first-order chi connectivity index (χ1) is 13.9. The molecule has 3 unspecified atom stereocenters. The summed E-state index contributed by atoms with van der Waals surface area (Å²) in [4.78, 5) is 36.9. The van der Waals surface area contributed by atoms with Crippen LogP contribution in [0.2, 0.25) is 0 Å². The maximum atomic E-state index is 12.8. The number of ether oxygens (including phenoxy) is 1. The molecule has 2 aromatic carbocycles. The zero-order valence-electron chi connectivity index (χ0n) is 16.0. The molecule has 0 spiro atoms. The molecule has 0 aromatic heterocycles. The maximum absolute atomic E-state index is 12.8. The molecule has 7 nitrogen and oxygen atoms in total. The summed E-state index contributed by atoms with van der Waals surface area (Å²) < 4.78 is 5.75. The van der Waals surface area contributed by atoms with Crippen LogP contribution in [0.15, 0.2) is 54.6 Å². The number of hydrogen-bond donors (Lipinski definition) is 2. The smallest absolute Gasteiger partial charge is 0.308 e. The average Bonchev–Trinajstić information content (AvgIpc) is 2.66. The van der Waals surface area contributed by atoms with Gasteiger partial charge in [0.2, 0.25) is 5.91 Å².